The van der Waals surface area contributed by atoms with E-state index in [0.717, 1.165) is 30.2 Å². The summed E-state index contributed by atoms with van der Waals surface area (Å²) in [6, 6.07) is 16.0. The Balaban J connectivity index is -0.000000130. The van der Waals surface area contributed by atoms with Gasteiger partial charge in [-0.1, -0.05) is 51.1 Å². The second-order valence-electron chi connectivity index (χ2n) is 9.81. The van der Waals surface area contributed by atoms with Gasteiger partial charge in [-0.25, -0.2) is 0 Å². The van der Waals surface area contributed by atoms with Gasteiger partial charge in [0.15, 0.2) is 0 Å². The molecule has 0 saturated heterocycles. The van der Waals surface area contributed by atoms with Gasteiger partial charge in [0, 0.05) is 19.0 Å². The van der Waals surface area contributed by atoms with E-state index in [-0.39, 0.29) is 64.6 Å². The number of benzene rings is 2. The zero-order chi connectivity index (χ0) is 26.6. The third-order valence-electron chi connectivity index (χ3n) is 6.45. The minimum atomic E-state index is -0.807. The molecule has 3 atom stereocenters. The van der Waals surface area contributed by atoms with E-state index in [2.05, 4.69) is 62.9 Å². The molecule has 0 aliphatic rings. The lowest BCUT2D eigenvalue weighted by Crippen LogP contribution is -2.38. The fourth-order valence-corrected chi connectivity index (χ4v) is 4.61. The van der Waals surface area contributed by atoms with Crippen molar-refractivity contribution >= 4 is 57.4 Å². The Morgan fingerprint density at radius 2 is 1.38 bits per heavy atom. The van der Waals surface area contributed by atoms with Gasteiger partial charge in [0.25, 0.3) is 0 Å². The summed E-state index contributed by atoms with van der Waals surface area (Å²) < 4.78 is 10.5. The molecular weight excluding hydrogens is 587 g/mol. The van der Waals surface area contributed by atoms with Gasteiger partial charge in [-0.3, -0.25) is 0 Å². The number of rotatable bonds is 11. The second kappa shape index (κ2) is 24.5. The highest BCUT2D eigenvalue weighted by molar-refractivity contribution is 7.59. The zero-order valence-corrected chi connectivity index (χ0v) is 29.6. The molecule has 10 heteroatoms. The van der Waals surface area contributed by atoms with Crippen LogP contribution in [-0.2, 0) is 5.60 Å². The van der Waals surface area contributed by atoms with Crippen molar-refractivity contribution in [2.75, 3.05) is 55.5 Å². The molecule has 0 spiro atoms. The summed E-state index contributed by atoms with van der Waals surface area (Å²) in [4.78, 5) is 4.32. The average Bonchev–Trinajstić information content (AvgIpc) is 2.83. The lowest BCUT2D eigenvalue weighted by atomic mass is 9.80. The third-order valence-corrected chi connectivity index (χ3v) is 6.45. The molecule has 40 heavy (non-hydrogen) atoms. The van der Waals surface area contributed by atoms with E-state index in [1.165, 1.54) is 11.1 Å². The maximum absolute atomic E-state index is 10.9. The number of halogens is 2. The highest BCUT2D eigenvalue weighted by atomic mass is 35.5. The topological polar surface area (TPSA) is 76.7 Å². The average molecular weight is 645 g/mol. The number of allylic oxidation sites excluding steroid dienone is 1. The van der Waals surface area contributed by atoms with Crippen molar-refractivity contribution in [1.82, 2.24) is 9.80 Å². The molecule has 0 saturated carbocycles. The molecular formula is C30H57Cl2N2O4S2+. The molecule has 2 aromatic rings. The van der Waals surface area contributed by atoms with Gasteiger partial charge >= 0.3 is 1.43 Å². The molecule has 0 radical (unpaired) electrons. The van der Waals surface area contributed by atoms with Gasteiger partial charge in [0.05, 0.1) is 19.8 Å². The van der Waals surface area contributed by atoms with Crippen molar-refractivity contribution in [2.45, 2.75) is 39.7 Å². The molecule has 0 aromatic heterocycles. The lowest BCUT2D eigenvalue weighted by molar-refractivity contribution is -0.0293. The highest BCUT2D eigenvalue weighted by Gasteiger charge is 2.34. The van der Waals surface area contributed by atoms with Crippen LogP contribution in [-0.4, -0.2) is 75.9 Å². The van der Waals surface area contributed by atoms with E-state index in [9.17, 15) is 5.11 Å². The Kier molecular flexibility index (Phi) is 29.8. The van der Waals surface area contributed by atoms with Gasteiger partial charge < -0.3 is 29.9 Å². The Morgan fingerprint density at radius 1 is 0.900 bits per heavy atom. The molecule has 6 nitrogen and oxygen atoms in total. The minimum Gasteiger partial charge on any atom is -0.497 e. The standard InChI is InChI=1S/C15H25NO2.C15H23NO.2ClH.H2O.2H2S/c1-6-15(17,12(2)11-16(3)4)13-8-7-9-14(10-13)18-5;1-6-15(12(2)11-16(3)4)13-8-7-9-14(10-13)17-5;;;;;/h7-10,12,17H,6,11H2,1-5H3;6-10,12H,11H2,1-5H3;2*1H;3*1H2/p+1/t12-,15-;12-;;;;;/m00...../s1. The normalized spacial score (nSPS) is 13.3. The van der Waals surface area contributed by atoms with Crippen molar-refractivity contribution in [3.63, 3.8) is 0 Å². The molecule has 3 N–H and O–H groups in total. The second-order valence-corrected chi connectivity index (χ2v) is 9.81. The van der Waals surface area contributed by atoms with Gasteiger partial charge in [0.1, 0.15) is 11.5 Å². The van der Waals surface area contributed by atoms with Gasteiger partial charge in [-0.05, 0) is 88.4 Å². The van der Waals surface area contributed by atoms with Crippen LogP contribution in [0.2, 0.25) is 0 Å². The molecule has 0 heterocycles. The van der Waals surface area contributed by atoms with Crippen LogP contribution in [0.3, 0.4) is 0 Å². The maximum Gasteiger partial charge on any atom is 1.00 e. The Hall–Kier alpha value is -1.10. The first-order valence-corrected chi connectivity index (χ1v) is 12.5. The van der Waals surface area contributed by atoms with Crippen molar-refractivity contribution in [3.05, 3.63) is 65.7 Å². The Labute approximate surface area is 272 Å². The number of hydrogen-bond acceptors (Lipinski definition) is 5. The number of hydrogen-bond donors (Lipinski definition) is 1. The summed E-state index contributed by atoms with van der Waals surface area (Å²) in [6.45, 7) is 10.4. The SMILES string of the molecule is CC=C(c1cccc(OC)c1)[C@@H](C)CN(C)C.CC[C@@](O)(c1cccc(OC)c1)[C@@H](C)CN(C)C.Cl.Cl.O.S.S.[H+]. The molecule has 0 fully saturated rings. The molecule has 0 aliphatic heterocycles. The summed E-state index contributed by atoms with van der Waals surface area (Å²) in [5.41, 5.74) is 2.75. The number of aliphatic hydroxyl groups is 1. The Bertz CT molecular complexity index is 943. The van der Waals surface area contributed by atoms with E-state index in [0.29, 0.717) is 12.3 Å². The predicted molar refractivity (Wildman–Crippen MR) is 189 cm³/mol. The molecule has 0 bridgehead atoms. The number of nitrogens with zero attached hydrogens (tertiary/aromatic N) is 2. The van der Waals surface area contributed by atoms with E-state index >= 15 is 0 Å². The van der Waals surface area contributed by atoms with E-state index < -0.39 is 5.60 Å². The first-order valence-electron chi connectivity index (χ1n) is 12.5. The Morgan fingerprint density at radius 3 is 1.80 bits per heavy atom. The first kappa shape index (κ1) is 48.6. The predicted octanol–water partition coefficient (Wildman–Crippen LogP) is 6.14. The van der Waals surface area contributed by atoms with Crippen LogP contribution in [0.15, 0.2) is 54.6 Å². The van der Waals surface area contributed by atoms with Crippen LogP contribution >= 0.6 is 51.8 Å². The number of methoxy groups -OCH3 is 2. The van der Waals surface area contributed by atoms with Crippen molar-refractivity contribution in [1.29, 1.82) is 0 Å². The summed E-state index contributed by atoms with van der Waals surface area (Å²) in [6.07, 6.45) is 2.89. The van der Waals surface area contributed by atoms with Gasteiger partial charge in [0.2, 0.25) is 0 Å². The van der Waals surface area contributed by atoms with E-state index in [1.807, 2.05) is 57.4 Å². The van der Waals surface area contributed by atoms with E-state index in [4.69, 9.17) is 9.47 Å². The molecule has 2 rings (SSSR count). The smallest absolute Gasteiger partial charge is 0.497 e. The molecule has 0 aliphatic carbocycles. The molecule has 2 aromatic carbocycles. The quantitative estimate of drug-likeness (QED) is 0.318. The molecule has 0 amide bonds. The maximum atomic E-state index is 10.9. The summed E-state index contributed by atoms with van der Waals surface area (Å²) in [5.74, 6) is 2.38. The van der Waals surface area contributed by atoms with Crippen molar-refractivity contribution in [3.8, 4) is 11.5 Å². The van der Waals surface area contributed by atoms with Crippen molar-refractivity contribution < 1.29 is 21.5 Å². The largest absolute Gasteiger partial charge is 1.00 e. The van der Waals surface area contributed by atoms with Gasteiger partial charge in [-0.15, -0.1) is 24.8 Å². The highest BCUT2D eigenvalue weighted by Crippen LogP contribution is 2.35. The van der Waals surface area contributed by atoms with Crippen LogP contribution in [0.25, 0.3) is 5.57 Å². The van der Waals surface area contributed by atoms with Crippen LogP contribution in [0.4, 0.5) is 0 Å². The zero-order valence-electron chi connectivity index (χ0n) is 26.9. The monoisotopic (exact) mass is 643 g/mol. The van der Waals surface area contributed by atoms with Gasteiger partial charge in [-0.2, -0.15) is 27.0 Å². The fourth-order valence-electron chi connectivity index (χ4n) is 4.61. The lowest BCUT2D eigenvalue weighted by Gasteiger charge is -2.35. The van der Waals surface area contributed by atoms with E-state index in [1.54, 1.807) is 14.2 Å². The molecule has 236 valence electrons. The number of ether oxygens (including phenoxy) is 2. The van der Waals surface area contributed by atoms with Crippen molar-refractivity contribution in [2.24, 2.45) is 11.8 Å². The van der Waals surface area contributed by atoms with Crippen LogP contribution in [0.1, 0.15) is 46.7 Å². The minimum absolute atomic E-state index is 0. The molecule has 0 unspecified atom stereocenters. The summed E-state index contributed by atoms with van der Waals surface area (Å²) in [7, 11) is 11.6. The van der Waals surface area contributed by atoms with Crippen LogP contribution in [0, 0.1) is 11.8 Å². The van der Waals surface area contributed by atoms with Crippen LogP contribution in [0.5, 0.6) is 11.5 Å². The summed E-state index contributed by atoms with van der Waals surface area (Å²) >= 11 is 0. The fraction of sp³-hybridized carbons (Fsp3) is 0.533. The van der Waals surface area contributed by atoms with Crippen LogP contribution < -0.4 is 9.47 Å². The summed E-state index contributed by atoms with van der Waals surface area (Å²) in [5, 5.41) is 10.9. The third kappa shape index (κ3) is 15.2. The first-order chi connectivity index (χ1) is 16.5.